The van der Waals surface area contributed by atoms with Gasteiger partial charge in [0.2, 0.25) is 14.9 Å². The van der Waals surface area contributed by atoms with Crippen molar-refractivity contribution in [2.45, 2.75) is 23.8 Å². The van der Waals surface area contributed by atoms with Crippen LogP contribution in [0.2, 0.25) is 0 Å². The Morgan fingerprint density at radius 1 is 1.03 bits per heavy atom. The van der Waals surface area contributed by atoms with Gasteiger partial charge in [0.05, 0.1) is 10.4 Å². The molecule has 9 nitrogen and oxygen atoms in total. The van der Waals surface area contributed by atoms with Crippen LogP contribution in [0.15, 0.2) is 52.4 Å². The number of benzene rings is 2. The van der Waals surface area contributed by atoms with Gasteiger partial charge in [0.25, 0.3) is 0 Å². The Morgan fingerprint density at radius 3 is 2.39 bits per heavy atom. The van der Waals surface area contributed by atoms with Crippen molar-refractivity contribution in [2.75, 3.05) is 31.2 Å². The molecule has 0 N–H and O–H groups in total. The Labute approximate surface area is 179 Å². The van der Waals surface area contributed by atoms with Gasteiger partial charge in [0.15, 0.2) is 17.1 Å². The lowest BCUT2D eigenvalue weighted by Gasteiger charge is -2.24. The Balaban J connectivity index is 1.84. The maximum absolute atomic E-state index is 13.3. The van der Waals surface area contributed by atoms with Crippen LogP contribution in [0.1, 0.15) is 13.8 Å². The van der Waals surface area contributed by atoms with Crippen LogP contribution in [-0.2, 0) is 9.84 Å². The van der Waals surface area contributed by atoms with Gasteiger partial charge in [-0.1, -0.05) is 23.4 Å². The summed E-state index contributed by atoms with van der Waals surface area (Å²) in [6, 6.07) is 11.9. The van der Waals surface area contributed by atoms with E-state index in [4.69, 9.17) is 14.5 Å². The molecule has 10 heteroatoms. The fourth-order valence-electron chi connectivity index (χ4n) is 3.76. The maximum Gasteiger partial charge on any atom is 0.229 e. The minimum Gasteiger partial charge on any atom is -0.486 e. The van der Waals surface area contributed by atoms with E-state index in [0.717, 1.165) is 5.39 Å². The van der Waals surface area contributed by atoms with Gasteiger partial charge >= 0.3 is 0 Å². The van der Waals surface area contributed by atoms with Crippen molar-refractivity contribution >= 4 is 32.2 Å². The SMILES string of the molecule is CCN(CC)c1nc2c(S(=O)(=O)c3ccccc3)nnn2c2cc3c(cc12)OCCO3. The molecule has 0 spiro atoms. The second-order valence-electron chi connectivity index (χ2n) is 7.07. The zero-order valence-corrected chi connectivity index (χ0v) is 18.0. The van der Waals surface area contributed by atoms with Crippen molar-refractivity contribution in [3.05, 3.63) is 42.5 Å². The molecule has 0 fully saturated rings. The first-order valence-corrected chi connectivity index (χ1v) is 11.6. The molecular formula is C21H21N5O4S. The molecule has 0 saturated heterocycles. The van der Waals surface area contributed by atoms with E-state index < -0.39 is 9.84 Å². The molecule has 0 atom stereocenters. The van der Waals surface area contributed by atoms with E-state index in [9.17, 15) is 8.42 Å². The summed E-state index contributed by atoms with van der Waals surface area (Å²) in [6.07, 6.45) is 0. The minimum absolute atomic E-state index is 0.144. The number of fused-ring (bicyclic) bond motifs is 4. The highest BCUT2D eigenvalue weighted by molar-refractivity contribution is 7.91. The predicted octanol–water partition coefficient (Wildman–Crippen LogP) is 2.73. The first kappa shape index (κ1) is 19.6. The van der Waals surface area contributed by atoms with E-state index >= 15 is 0 Å². The third-order valence-corrected chi connectivity index (χ3v) is 7.00. The van der Waals surface area contributed by atoms with Gasteiger partial charge in [-0.2, -0.15) is 4.52 Å². The van der Waals surface area contributed by atoms with Crippen LogP contribution < -0.4 is 14.4 Å². The van der Waals surface area contributed by atoms with Crippen LogP contribution in [0, 0.1) is 0 Å². The molecule has 5 rings (SSSR count). The second-order valence-corrected chi connectivity index (χ2v) is 8.93. The van der Waals surface area contributed by atoms with Gasteiger partial charge in [-0.05, 0) is 32.0 Å². The van der Waals surface area contributed by atoms with E-state index in [1.807, 2.05) is 19.9 Å². The highest BCUT2D eigenvalue weighted by Gasteiger charge is 2.28. The summed E-state index contributed by atoms with van der Waals surface area (Å²) >= 11 is 0. The van der Waals surface area contributed by atoms with E-state index in [-0.39, 0.29) is 15.6 Å². The van der Waals surface area contributed by atoms with E-state index in [0.29, 0.717) is 49.1 Å². The van der Waals surface area contributed by atoms with Gasteiger partial charge in [0, 0.05) is 24.5 Å². The lowest BCUT2D eigenvalue weighted by Crippen LogP contribution is -2.24. The summed E-state index contributed by atoms with van der Waals surface area (Å²) in [7, 11) is -3.90. The molecule has 0 saturated carbocycles. The van der Waals surface area contributed by atoms with Gasteiger partial charge in [-0.25, -0.2) is 13.4 Å². The zero-order valence-electron chi connectivity index (χ0n) is 17.1. The van der Waals surface area contributed by atoms with Gasteiger partial charge in [0.1, 0.15) is 19.0 Å². The summed E-state index contributed by atoms with van der Waals surface area (Å²) in [5, 5.41) is 8.79. The predicted molar refractivity (Wildman–Crippen MR) is 115 cm³/mol. The van der Waals surface area contributed by atoms with Crippen molar-refractivity contribution in [3.8, 4) is 11.5 Å². The zero-order chi connectivity index (χ0) is 21.6. The molecule has 0 amide bonds. The molecule has 2 aromatic carbocycles. The van der Waals surface area contributed by atoms with Crippen molar-refractivity contribution < 1.29 is 17.9 Å². The third kappa shape index (κ3) is 3.05. The van der Waals surface area contributed by atoms with Gasteiger partial charge in [-0.15, -0.1) is 5.10 Å². The number of nitrogens with zero attached hydrogens (tertiary/aromatic N) is 5. The van der Waals surface area contributed by atoms with Crippen molar-refractivity contribution in [1.29, 1.82) is 0 Å². The summed E-state index contributed by atoms with van der Waals surface area (Å²) in [4.78, 5) is 6.94. The minimum atomic E-state index is -3.90. The van der Waals surface area contributed by atoms with Crippen LogP contribution in [0.4, 0.5) is 5.82 Å². The van der Waals surface area contributed by atoms with Crippen LogP contribution in [0.3, 0.4) is 0 Å². The smallest absolute Gasteiger partial charge is 0.229 e. The average molecular weight is 439 g/mol. The Morgan fingerprint density at radius 2 is 1.71 bits per heavy atom. The van der Waals surface area contributed by atoms with Crippen molar-refractivity contribution in [1.82, 2.24) is 19.8 Å². The van der Waals surface area contributed by atoms with Gasteiger partial charge in [-0.3, -0.25) is 0 Å². The summed E-state index contributed by atoms with van der Waals surface area (Å²) < 4.78 is 39.5. The molecule has 0 aliphatic carbocycles. The number of aromatic nitrogens is 4. The molecule has 0 radical (unpaired) electrons. The molecule has 2 aromatic heterocycles. The molecule has 31 heavy (non-hydrogen) atoms. The largest absolute Gasteiger partial charge is 0.486 e. The third-order valence-electron chi connectivity index (χ3n) is 5.33. The maximum atomic E-state index is 13.3. The number of anilines is 1. The summed E-state index contributed by atoms with van der Waals surface area (Å²) in [6.45, 7) is 6.36. The first-order valence-electron chi connectivity index (χ1n) is 10.1. The van der Waals surface area contributed by atoms with Gasteiger partial charge < -0.3 is 14.4 Å². The topological polar surface area (TPSA) is 98.9 Å². The first-order chi connectivity index (χ1) is 15.0. The van der Waals surface area contributed by atoms with Crippen molar-refractivity contribution in [3.63, 3.8) is 0 Å². The lowest BCUT2D eigenvalue weighted by molar-refractivity contribution is 0.172. The number of hydrogen-bond acceptors (Lipinski definition) is 8. The Bertz CT molecular complexity index is 1380. The standard InChI is InChI=1S/C21H21N5O4S/c1-3-25(4-2)19-15-12-17-18(30-11-10-29-17)13-16(15)26-20(22-19)21(23-24-26)31(27,28)14-8-6-5-7-9-14/h5-9,12-13H,3-4,10-11H2,1-2H3. The molecule has 0 bridgehead atoms. The van der Waals surface area contributed by atoms with Crippen molar-refractivity contribution in [2.24, 2.45) is 0 Å². The molecule has 1 aliphatic heterocycles. The normalized spacial score (nSPS) is 13.6. The highest BCUT2D eigenvalue weighted by atomic mass is 32.2. The monoisotopic (exact) mass is 439 g/mol. The van der Waals surface area contributed by atoms with Crippen LogP contribution >= 0.6 is 0 Å². The molecule has 4 aromatic rings. The lowest BCUT2D eigenvalue weighted by atomic mass is 10.2. The fourth-order valence-corrected chi connectivity index (χ4v) is 5.02. The molecule has 160 valence electrons. The average Bonchev–Trinajstić information content (AvgIpc) is 3.24. The van der Waals surface area contributed by atoms with E-state index in [2.05, 4.69) is 15.2 Å². The fraction of sp³-hybridized carbons (Fsp3) is 0.286. The molecular weight excluding hydrogens is 418 g/mol. The quantitative estimate of drug-likeness (QED) is 0.468. The summed E-state index contributed by atoms with van der Waals surface area (Å²) in [5.41, 5.74) is 0.827. The number of ether oxygens (including phenoxy) is 2. The Hall–Kier alpha value is -3.40. The van der Waals surface area contributed by atoms with E-state index in [1.54, 1.807) is 24.3 Å². The second kappa shape index (κ2) is 7.38. The van der Waals surface area contributed by atoms with Crippen LogP contribution in [0.5, 0.6) is 11.5 Å². The number of rotatable bonds is 5. The van der Waals surface area contributed by atoms with E-state index in [1.165, 1.54) is 16.6 Å². The summed E-state index contributed by atoms with van der Waals surface area (Å²) in [5.74, 6) is 1.86. The van der Waals surface area contributed by atoms with Crippen LogP contribution in [-0.4, -0.2) is 54.5 Å². The Kier molecular flexibility index (Phi) is 4.66. The molecule has 0 unspecified atom stereocenters. The van der Waals surface area contributed by atoms with Crippen LogP contribution in [0.25, 0.3) is 16.6 Å². The molecule has 3 heterocycles. The highest BCUT2D eigenvalue weighted by Crippen LogP contribution is 2.38. The number of hydrogen-bond donors (Lipinski definition) is 0. The molecule has 1 aliphatic rings. The number of sulfone groups is 1.